The Morgan fingerprint density at radius 2 is 1.30 bits per heavy atom. The second kappa shape index (κ2) is 23.5. The number of rotatable bonds is 9. The van der Waals surface area contributed by atoms with Crippen LogP contribution in [-0.2, 0) is 9.59 Å². The highest BCUT2D eigenvalue weighted by atomic mass is 79.9. The van der Waals surface area contributed by atoms with E-state index >= 15 is 0 Å². The largest absolute Gasteiger partial charge is 0.481 e. The molecule has 0 amide bonds. The minimum Gasteiger partial charge on any atom is -0.481 e. The van der Waals surface area contributed by atoms with Gasteiger partial charge in [0.1, 0.15) is 22.9 Å². The molecule has 2 aliphatic carbocycles. The average Bonchev–Trinajstić information content (AvgIpc) is 3.19. The minimum absolute atomic E-state index is 0. The molecule has 2 saturated carbocycles. The van der Waals surface area contributed by atoms with E-state index in [1.807, 2.05) is 52.0 Å². The molecule has 15 nitrogen and oxygen atoms in total. The molecular weight excluding hydrogens is 998 g/mol. The molecule has 7 rings (SSSR count). The third kappa shape index (κ3) is 14.5. The number of carboxylic acid groups (broad SMARTS) is 2. The van der Waals surface area contributed by atoms with E-state index in [9.17, 15) is 19.2 Å². The molecule has 3 heterocycles. The number of nitrogens with one attached hydrogen (secondary N) is 1. The molecule has 2 aromatic carbocycles. The number of carbonyl (C=O) groups excluding carboxylic acids is 1. The number of fused-ring (bicyclic) bond motifs is 1. The van der Waals surface area contributed by atoms with E-state index in [2.05, 4.69) is 41.9 Å². The van der Waals surface area contributed by atoms with Crippen molar-refractivity contribution in [3.05, 3.63) is 90.7 Å². The van der Waals surface area contributed by atoms with Crippen molar-refractivity contribution in [2.75, 3.05) is 17.2 Å². The van der Waals surface area contributed by atoms with Crippen LogP contribution in [-0.4, -0.2) is 63.5 Å². The SMILES string of the molecule is CC(C)(Br)C(=O)c1ccc(C2CCC(CC(=O)O)CC2)c(Cl)c1.Cc1nc(N)c(N)c(=O)[nH]1.Cc1nc(N)c2c(n1)OC(C)(C)C(c1ccc(C3CCC(CC(=O)O)CC3)c(Cl)c1)=N2.Cl.Cl. The molecule has 0 spiro atoms. The van der Waals surface area contributed by atoms with Crippen molar-refractivity contribution < 1.29 is 29.3 Å². The van der Waals surface area contributed by atoms with Crippen LogP contribution >= 0.6 is 63.9 Å². The fourth-order valence-electron chi connectivity index (χ4n) is 8.50. The molecule has 0 unspecified atom stereocenters. The molecule has 20 heteroatoms. The molecule has 2 fully saturated rings. The number of aryl methyl sites for hydroxylation is 2. The third-order valence-corrected chi connectivity index (χ3v) is 12.8. The first-order valence-electron chi connectivity index (χ1n) is 21.2. The molecular formula is C46H59BrCl4N8O7. The van der Waals surface area contributed by atoms with Crippen LogP contribution in [0.25, 0.3) is 0 Å². The third-order valence-electron chi connectivity index (χ3n) is 11.8. The lowest BCUT2D eigenvalue weighted by molar-refractivity contribution is -0.139. The minimum atomic E-state index is -0.716. The van der Waals surface area contributed by atoms with Crippen LogP contribution in [0.2, 0.25) is 10.0 Å². The second-order valence-electron chi connectivity index (χ2n) is 17.7. The lowest BCUT2D eigenvalue weighted by atomic mass is 9.77. The highest BCUT2D eigenvalue weighted by Crippen LogP contribution is 2.43. The maximum Gasteiger partial charge on any atom is 0.303 e. The first-order valence-corrected chi connectivity index (χ1v) is 22.8. The fraction of sp³-hybridized carbons (Fsp3) is 0.478. The van der Waals surface area contributed by atoms with Gasteiger partial charge in [-0.25, -0.2) is 15.0 Å². The number of carboxylic acids is 2. The van der Waals surface area contributed by atoms with Gasteiger partial charge in [-0.1, -0.05) is 63.4 Å². The number of aromatic amines is 1. The van der Waals surface area contributed by atoms with Crippen molar-refractivity contribution >= 4 is 110 Å². The predicted molar refractivity (Wildman–Crippen MR) is 269 cm³/mol. The molecule has 360 valence electrons. The zero-order valence-electron chi connectivity index (χ0n) is 37.8. The van der Waals surface area contributed by atoms with Crippen LogP contribution < -0.4 is 27.5 Å². The molecule has 1 aliphatic heterocycles. The topological polar surface area (TPSA) is 263 Å². The number of nitrogen functional groups attached to an aromatic ring is 3. The van der Waals surface area contributed by atoms with Crippen molar-refractivity contribution in [2.24, 2.45) is 16.8 Å². The lowest BCUT2D eigenvalue weighted by Crippen LogP contribution is -2.41. The fourth-order valence-corrected chi connectivity index (χ4v) is 9.40. The summed E-state index contributed by atoms with van der Waals surface area (Å²) in [4.78, 5) is 64.2. The zero-order valence-corrected chi connectivity index (χ0v) is 42.5. The number of aliphatic carboxylic acids is 2. The number of nitrogens with two attached hydrogens (primary N) is 3. The van der Waals surface area contributed by atoms with Gasteiger partial charge in [-0.2, -0.15) is 4.98 Å². The van der Waals surface area contributed by atoms with Gasteiger partial charge in [0, 0.05) is 34.0 Å². The number of alkyl halides is 1. The Morgan fingerprint density at radius 1 is 0.803 bits per heavy atom. The standard InChI is InChI=1S/C23H27ClN4O3.C18H22BrClO3.C5H8N4O.2ClH/c1-12-26-21(25)19-22(27-12)31-23(2,3)20(28-19)15-8-9-16(17(24)11-15)14-6-4-13(5-7-14)10-18(29)30;1-18(2,19)17(23)13-7-8-14(15(20)10-13)12-5-3-11(4-6-12)9-16(21)22;1-2-8-4(7)3(6)5(10)9-2;;/h8-9,11,13-14H,4-7,10H2,1-3H3,(H,29,30)(H2,25,26,27);7-8,10-12H,3-6,9H2,1-2H3,(H,21,22);6H2,1H3,(H3,7,8,9,10);2*1H. The van der Waals surface area contributed by atoms with E-state index in [1.54, 1.807) is 19.9 Å². The summed E-state index contributed by atoms with van der Waals surface area (Å²) in [6.07, 6.45) is 7.99. The van der Waals surface area contributed by atoms with Crippen LogP contribution in [0.15, 0.2) is 46.2 Å². The number of hydrogen-bond acceptors (Lipinski definition) is 12. The average molecular weight is 1060 g/mol. The van der Waals surface area contributed by atoms with E-state index in [1.165, 1.54) is 0 Å². The number of H-pyrrole nitrogens is 1. The van der Waals surface area contributed by atoms with E-state index < -0.39 is 21.9 Å². The summed E-state index contributed by atoms with van der Waals surface area (Å²) in [7, 11) is 0. The van der Waals surface area contributed by atoms with Crippen molar-refractivity contribution in [1.29, 1.82) is 0 Å². The monoisotopic (exact) mass is 1050 g/mol. The highest BCUT2D eigenvalue weighted by molar-refractivity contribution is 9.10. The Morgan fingerprint density at radius 3 is 1.76 bits per heavy atom. The summed E-state index contributed by atoms with van der Waals surface area (Å²) in [6, 6.07) is 11.6. The van der Waals surface area contributed by atoms with Crippen molar-refractivity contribution in [3.63, 3.8) is 0 Å². The second-order valence-corrected chi connectivity index (χ2v) is 20.5. The number of ketones is 1. The number of halogens is 5. The molecule has 0 atom stereocenters. The number of ether oxygens (including phenoxy) is 1. The Bertz CT molecular complexity index is 2480. The van der Waals surface area contributed by atoms with Gasteiger partial charge in [-0.3, -0.25) is 19.2 Å². The number of benzene rings is 2. The Balaban J connectivity index is 0.000000290. The molecule has 3 aliphatic rings. The van der Waals surface area contributed by atoms with Gasteiger partial charge in [0.05, 0.1) is 10.0 Å². The maximum absolute atomic E-state index is 12.3. The first-order chi connectivity index (χ1) is 29.9. The van der Waals surface area contributed by atoms with Crippen LogP contribution in [0.5, 0.6) is 5.88 Å². The molecule has 0 saturated heterocycles. The molecule has 0 radical (unpaired) electrons. The zero-order chi connectivity index (χ0) is 47.3. The summed E-state index contributed by atoms with van der Waals surface area (Å²) in [5.41, 5.74) is 20.2. The van der Waals surface area contributed by atoms with Gasteiger partial charge in [-0.15, -0.1) is 24.8 Å². The predicted octanol–water partition coefficient (Wildman–Crippen LogP) is 10.6. The van der Waals surface area contributed by atoms with Crippen molar-refractivity contribution in [2.45, 2.75) is 128 Å². The number of carbonyl (C=O) groups is 3. The molecule has 4 aromatic rings. The van der Waals surface area contributed by atoms with Gasteiger partial charge in [0.15, 0.2) is 23.1 Å². The number of aromatic nitrogens is 4. The van der Waals surface area contributed by atoms with Crippen molar-refractivity contribution in [1.82, 2.24) is 19.9 Å². The maximum atomic E-state index is 12.3. The summed E-state index contributed by atoms with van der Waals surface area (Å²) < 4.78 is 5.52. The van der Waals surface area contributed by atoms with Gasteiger partial charge < -0.3 is 37.1 Å². The smallest absolute Gasteiger partial charge is 0.303 e. The van der Waals surface area contributed by atoms with Crippen LogP contribution in [0.4, 0.5) is 23.0 Å². The molecule has 0 bridgehead atoms. The lowest BCUT2D eigenvalue weighted by Gasteiger charge is -2.33. The Kier molecular flexibility index (Phi) is 19.9. The van der Waals surface area contributed by atoms with Crippen LogP contribution in [0, 0.1) is 25.7 Å². The van der Waals surface area contributed by atoms with Crippen molar-refractivity contribution in [3.8, 4) is 5.88 Å². The number of nitrogens with zero attached hydrogens (tertiary/aromatic N) is 4. The Labute approximate surface area is 415 Å². The molecule has 9 N–H and O–H groups in total. The summed E-state index contributed by atoms with van der Waals surface area (Å²) in [5, 5.41) is 19.2. The quantitative estimate of drug-likeness (QED) is 0.0674. The van der Waals surface area contributed by atoms with E-state index in [0.717, 1.165) is 73.8 Å². The number of anilines is 3. The van der Waals surface area contributed by atoms with Gasteiger partial charge >= 0.3 is 11.9 Å². The Hall–Kier alpha value is -4.48. The van der Waals surface area contributed by atoms with Gasteiger partial charge in [-0.05, 0) is 140 Å². The first kappa shape index (κ1) is 55.8. The van der Waals surface area contributed by atoms with Gasteiger partial charge in [0.25, 0.3) is 5.56 Å². The summed E-state index contributed by atoms with van der Waals surface area (Å²) in [6.45, 7) is 10.9. The number of aliphatic imine (C=N–C) groups is 1. The van der Waals surface area contributed by atoms with E-state index in [4.69, 9.17) is 60.3 Å². The molecule has 66 heavy (non-hydrogen) atoms. The van der Waals surface area contributed by atoms with Gasteiger partial charge in [0.2, 0.25) is 5.88 Å². The number of Topliss-reactive ketones (excluding diaryl/α,β-unsaturated/α-hetero) is 1. The van der Waals surface area contributed by atoms with Crippen LogP contribution in [0.1, 0.15) is 142 Å². The molecule has 2 aromatic heterocycles. The normalized spacial score (nSPS) is 19.6. The van der Waals surface area contributed by atoms with E-state index in [-0.39, 0.29) is 78.2 Å². The van der Waals surface area contributed by atoms with Crippen LogP contribution in [0.3, 0.4) is 0 Å². The van der Waals surface area contributed by atoms with E-state index in [0.29, 0.717) is 50.7 Å². The number of hydrogen-bond donors (Lipinski definition) is 6. The summed E-state index contributed by atoms with van der Waals surface area (Å²) >= 11 is 16.5. The highest BCUT2D eigenvalue weighted by Gasteiger charge is 2.36. The summed E-state index contributed by atoms with van der Waals surface area (Å²) in [5.74, 6) is 1.58.